The van der Waals surface area contributed by atoms with Gasteiger partial charge in [-0.25, -0.2) is 0 Å². The van der Waals surface area contributed by atoms with Crippen LogP contribution in [-0.2, 0) is 9.47 Å². The Morgan fingerprint density at radius 3 is 1.61 bits per heavy atom. The van der Waals surface area contributed by atoms with E-state index < -0.39 is 0 Å². The highest BCUT2D eigenvalue weighted by molar-refractivity contribution is 4.71. The Bertz CT molecular complexity index is 201. The molecular weight excluding hydrogens is 224 g/mol. The van der Waals surface area contributed by atoms with Crippen molar-refractivity contribution in [1.29, 1.82) is 0 Å². The topological polar surface area (TPSA) is 18.5 Å². The fourth-order valence-corrected chi connectivity index (χ4v) is 2.60. The predicted molar refractivity (Wildman–Crippen MR) is 76.7 cm³/mol. The van der Waals surface area contributed by atoms with Gasteiger partial charge in [-0.3, -0.25) is 0 Å². The van der Waals surface area contributed by atoms with Crippen molar-refractivity contribution in [2.75, 3.05) is 26.4 Å². The van der Waals surface area contributed by atoms with Crippen LogP contribution in [0.1, 0.15) is 38.5 Å². The third-order valence-electron chi connectivity index (χ3n) is 3.64. The molecule has 0 aliphatic heterocycles. The Balaban J connectivity index is 2.21. The summed E-state index contributed by atoms with van der Waals surface area (Å²) >= 11 is 0. The summed E-state index contributed by atoms with van der Waals surface area (Å²) in [6.45, 7) is 10.5. The summed E-state index contributed by atoms with van der Waals surface area (Å²) in [6, 6.07) is 0. The van der Waals surface area contributed by atoms with Gasteiger partial charge in [0.05, 0.1) is 13.2 Å². The maximum Gasteiger partial charge on any atom is 0.0644 e. The Hall–Kier alpha value is -0.600. The molecule has 0 saturated heterocycles. The van der Waals surface area contributed by atoms with Gasteiger partial charge in [-0.15, -0.1) is 13.2 Å². The first-order valence-electron chi connectivity index (χ1n) is 7.24. The Labute approximate surface area is 112 Å². The SMILES string of the molecule is C=CCOCC1CCCCC(COCC=C)CC1. The van der Waals surface area contributed by atoms with Crippen LogP contribution in [-0.4, -0.2) is 26.4 Å². The van der Waals surface area contributed by atoms with Crippen LogP contribution in [0.5, 0.6) is 0 Å². The monoisotopic (exact) mass is 252 g/mol. The summed E-state index contributed by atoms with van der Waals surface area (Å²) < 4.78 is 11.2. The molecule has 0 radical (unpaired) electrons. The minimum atomic E-state index is 0.683. The molecule has 104 valence electrons. The summed E-state index contributed by atoms with van der Waals surface area (Å²) in [5.74, 6) is 1.46. The van der Waals surface area contributed by atoms with E-state index in [1.807, 2.05) is 12.2 Å². The van der Waals surface area contributed by atoms with Gasteiger partial charge in [-0.2, -0.15) is 0 Å². The Kier molecular flexibility index (Phi) is 8.87. The number of rotatable bonds is 8. The molecule has 0 aromatic carbocycles. The Morgan fingerprint density at radius 2 is 1.22 bits per heavy atom. The molecule has 1 rings (SSSR count). The summed E-state index contributed by atoms with van der Waals surface area (Å²) in [5.41, 5.74) is 0. The van der Waals surface area contributed by atoms with Crippen LogP contribution < -0.4 is 0 Å². The van der Waals surface area contributed by atoms with E-state index in [0.29, 0.717) is 13.2 Å². The molecule has 0 aromatic rings. The van der Waals surface area contributed by atoms with E-state index in [0.717, 1.165) is 25.0 Å². The zero-order chi connectivity index (χ0) is 13.1. The van der Waals surface area contributed by atoms with Crippen molar-refractivity contribution in [3.05, 3.63) is 25.3 Å². The van der Waals surface area contributed by atoms with Crippen LogP contribution in [0.3, 0.4) is 0 Å². The Morgan fingerprint density at radius 1 is 0.778 bits per heavy atom. The number of ether oxygens (including phenoxy) is 2. The van der Waals surface area contributed by atoms with Gasteiger partial charge >= 0.3 is 0 Å². The number of hydrogen-bond donors (Lipinski definition) is 0. The standard InChI is InChI=1S/C16H28O2/c1-3-11-17-13-15-7-5-6-8-16(10-9-15)14-18-12-4-2/h3-4,15-16H,1-2,5-14H2. The molecule has 1 saturated carbocycles. The van der Waals surface area contributed by atoms with Gasteiger partial charge in [0.25, 0.3) is 0 Å². The molecule has 1 aliphatic rings. The third-order valence-corrected chi connectivity index (χ3v) is 3.64. The van der Waals surface area contributed by atoms with Gasteiger partial charge < -0.3 is 9.47 Å². The largest absolute Gasteiger partial charge is 0.377 e. The molecular formula is C16H28O2. The molecule has 0 spiro atoms. The fraction of sp³-hybridized carbons (Fsp3) is 0.750. The quantitative estimate of drug-likeness (QED) is 0.480. The molecule has 0 amide bonds. The summed E-state index contributed by atoms with van der Waals surface area (Å²) in [7, 11) is 0. The van der Waals surface area contributed by atoms with Crippen molar-refractivity contribution in [2.45, 2.75) is 38.5 Å². The normalized spacial score (nSPS) is 25.1. The van der Waals surface area contributed by atoms with Crippen molar-refractivity contribution >= 4 is 0 Å². The van der Waals surface area contributed by atoms with Crippen molar-refractivity contribution in [3.63, 3.8) is 0 Å². The van der Waals surface area contributed by atoms with Gasteiger partial charge in [0.1, 0.15) is 0 Å². The van der Waals surface area contributed by atoms with E-state index in [2.05, 4.69) is 13.2 Å². The molecule has 2 unspecified atom stereocenters. The minimum Gasteiger partial charge on any atom is -0.377 e. The zero-order valence-electron chi connectivity index (χ0n) is 11.6. The predicted octanol–water partition coefficient (Wildman–Crippen LogP) is 3.98. The molecule has 2 heteroatoms. The lowest BCUT2D eigenvalue weighted by Crippen LogP contribution is -2.18. The van der Waals surface area contributed by atoms with E-state index in [-0.39, 0.29) is 0 Å². The average Bonchev–Trinajstić information content (AvgIpc) is 2.35. The smallest absolute Gasteiger partial charge is 0.0644 e. The van der Waals surface area contributed by atoms with Crippen LogP contribution in [0, 0.1) is 11.8 Å². The fourth-order valence-electron chi connectivity index (χ4n) is 2.60. The van der Waals surface area contributed by atoms with E-state index in [1.165, 1.54) is 38.5 Å². The van der Waals surface area contributed by atoms with Gasteiger partial charge in [-0.1, -0.05) is 25.0 Å². The molecule has 0 N–H and O–H groups in total. The molecule has 1 aliphatic carbocycles. The van der Waals surface area contributed by atoms with Crippen molar-refractivity contribution in [2.24, 2.45) is 11.8 Å². The molecule has 0 aromatic heterocycles. The molecule has 2 nitrogen and oxygen atoms in total. The van der Waals surface area contributed by atoms with E-state index in [9.17, 15) is 0 Å². The lowest BCUT2D eigenvalue weighted by atomic mass is 9.86. The second-order valence-electron chi connectivity index (χ2n) is 5.25. The molecule has 2 atom stereocenters. The van der Waals surface area contributed by atoms with Crippen LogP contribution >= 0.6 is 0 Å². The van der Waals surface area contributed by atoms with Crippen molar-refractivity contribution < 1.29 is 9.47 Å². The van der Waals surface area contributed by atoms with Crippen LogP contribution in [0.2, 0.25) is 0 Å². The lowest BCUT2D eigenvalue weighted by molar-refractivity contribution is 0.0843. The summed E-state index contributed by atoms with van der Waals surface area (Å²) in [4.78, 5) is 0. The van der Waals surface area contributed by atoms with Crippen LogP contribution in [0.25, 0.3) is 0 Å². The highest BCUT2D eigenvalue weighted by Crippen LogP contribution is 2.26. The first-order chi connectivity index (χ1) is 8.86. The summed E-state index contributed by atoms with van der Waals surface area (Å²) in [5, 5.41) is 0. The van der Waals surface area contributed by atoms with Gasteiger partial charge in [-0.05, 0) is 37.5 Å². The third kappa shape index (κ3) is 6.97. The van der Waals surface area contributed by atoms with E-state index in [1.54, 1.807) is 0 Å². The van der Waals surface area contributed by atoms with Crippen molar-refractivity contribution in [3.8, 4) is 0 Å². The maximum atomic E-state index is 5.59. The summed E-state index contributed by atoms with van der Waals surface area (Å²) in [6.07, 6.45) is 11.5. The minimum absolute atomic E-state index is 0.683. The first kappa shape index (κ1) is 15.5. The zero-order valence-corrected chi connectivity index (χ0v) is 11.6. The molecule has 0 bridgehead atoms. The lowest BCUT2D eigenvalue weighted by Gasteiger charge is -2.24. The van der Waals surface area contributed by atoms with E-state index >= 15 is 0 Å². The van der Waals surface area contributed by atoms with E-state index in [4.69, 9.17) is 9.47 Å². The number of hydrogen-bond acceptors (Lipinski definition) is 2. The highest BCUT2D eigenvalue weighted by atomic mass is 16.5. The molecule has 0 heterocycles. The molecule has 18 heavy (non-hydrogen) atoms. The second-order valence-corrected chi connectivity index (χ2v) is 5.25. The van der Waals surface area contributed by atoms with Gasteiger partial charge in [0.15, 0.2) is 0 Å². The second kappa shape index (κ2) is 10.3. The first-order valence-corrected chi connectivity index (χ1v) is 7.24. The van der Waals surface area contributed by atoms with Crippen molar-refractivity contribution in [1.82, 2.24) is 0 Å². The highest BCUT2D eigenvalue weighted by Gasteiger charge is 2.17. The van der Waals surface area contributed by atoms with Crippen LogP contribution in [0.4, 0.5) is 0 Å². The van der Waals surface area contributed by atoms with Gasteiger partial charge in [0.2, 0.25) is 0 Å². The van der Waals surface area contributed by atoms with Crippen LogP contribution in [0.15, 0.2) is 25.3 Å². The maximum absolute atomic E-state index is 5.59. The van der Waals surface area contributed by atoms with Gasteiger partial charge in [0, 0.05) is 13.2 Å². The molecule has 1 fully saturated rings. The average molecular weight is 252 g/mol.